The molecule has 3 rings (SSSR count). The Balaban J connectivity index is 1.95. The van der Waals surface area contributed by atoms with Crippen molar-refractivity contribution in [2.24, 2.45) is 0 Å². The van der Waals surface area contributed by atoms with Crippen LogP contribution in [0.5, 0.6) is 5.75 Å². The molecule has 1 N–H and O–H groups in total. The Morgan fingerprint density at radius 1 is 1.47 bits per heavy atom. The van der Waals surface area contributed by atoms with Crippen LogP contribution in [0, 0.1) is 12.7 Å². The average Bonchev–Trinajstić information content (AvgIpc) is 2.84. The standard InChI is InChI=1S/C14H15FN2OS/c1-8-7-19-14(17-8)13-6-11(16-2)10-5-9(15)3-4-12(10)18-13/h3-5,7,11,13,16H,6H2,1-2H3. The third-order valence-corrected chi connectivity index (χ3v) is 4.38. The van der Waals surface area contributed by atoms with Crippen LogP contribution in [0.15, 0.2) is 23.6 Å². The summed E-state index contributed by atoms with van der Waals surface area (Å²) in [7, 11) is 1.88. The molecule has 2 unspecified atom stereocenters. The van der Waals surface area contributed by atoms with Crippen molar-refractivity contribution in [1.29, 1.82) is 0 Å². The van der Waals surface area contributed by atoms with Crippen LogP contribution in [0.4, 0.5) is 4.39 Å². The number of hydrogen-bond acceptors (Lipinski definition) is 4. The zero-order valence-corrected chi connectivity index (χ0v) is 11.6. The van der Waals surface area contributed by atoms with Crippen molar-refractivity contribution in [2.45, 2.75) is 25.5 Å². The minimum Gasteiger partial charge on any atom is -0.483 e. The number of aryl methyl sites for hydroxylation is 1. The van der Waals surface area contributed by atoms with Gasteiger partial charge in [-0.1, -0.05) is 0 Å². The molecule has 1 aliphatic heterocycles. The fourth-order valence-electron chi connectivity index (χ4n) is 2.39. The van der Waals surface area contributed by atoms with Crippen molar-refractivity contribution < 1.29 is 9.13 Å². The molecule has 2 heterocycles. The van der Waals surface area contributed by atoms with Crippen molar-refractivity contribution >= 4 is 11.3 Å². The molecule has 100 valence electrons. The van der Waals surface area contributed by atoms with Crippen LogP contribution in [-0.2, 0) is 0 Å². The zero-order chi connectivity index (χ0) is 13.4. The average molecular weight is 278 g/mol. The Kier molecular flexibility index (Phi) is 3.24. The van der Waals surface area contributed by atoms with E-state index in [2.05, 4.69) is 10.3 Å². The summed E-state index contributed by atoms with van der Waals surface area (Å²) in [4.78, 5) is 4.49. The van der Waals surface area contributed by atoms with Gasteiger partial charge in [-0.15, -0.1) is 11.3 Å². The van der Waals surface area contributed by atoms with Crippen LogP contribution in [-0.4, -0.2) is 12.0 Å². The van der Waals surface area contributed by atoms with E-state index in [1.807, 2.05) is 19.4 Å². The highest BCUT2D eigenvalue weighted by atomic mass is 32.1. The molecular weight excluding hydrogens is 263 g/mol. The molecule has 0 radical (unpaired) electrons. The van der Waals surface area contributed by atoms with E-state index in [4.69, 9.17) is 4.74 Å². The van der Waals surface area contributed by atoms with Gasteiger partial charge in [0.15, 0.2) is 6.10 Å². The van der Waals surface area contributed by atoms with Crippen LogP contribution in [0.25, 0.3) is 0 Å². The lowest BCUT2D eigenvalue weighted by atomic mass is 9.96. The largest absolute Gasteiger partial charge is 0.483 e. The number of benzene rings is 1. The molecule has 1 aliphatic rings. The second-order valence-electron chi connectivity index (χ2n) is 4.69. The Hall–Kier alpha value is -1.46. The number of nitrogens with zero attached hydrogens (tertiary/aromatic N) is 1. The fraction of sp³-hybridized carbons (Fsp3) is 0.357. The number of thiazole rings is 1. The van der Waals surface area contributed by atoms with Gasteiger partial charge in [0.25, 0.3) is 0 Å². The lowest BCUT2D eigenvalue weighted by molar-refractivity contribution is 0.153. The summed E-state index contributed by atoms with van der Waals surface area (Å²) in [6.45, 7) is 1.97. The highest BCUT2D eigenvalue weighted by molar-refractivity contribution is 7.09. The number of ether oxygens (including phenoxy) is 1. The summed E-state index contributed by atoms with van der Waals surface area (Å²) >= 11 is 1.61. The van der Waals surface area contributed by atoms with Gasteiger partial charge in [-0.3, -0.25) is 0 Å². The number of nitrogens with one attached hydrogen (secondary N) is 1. The van der Waals surface area contributed by atoms with Crippen molar-refractivity contribution in [1.82, 2.24) is 10.3 Å². The molecule has 0 amide bonds. The van der Waals surface area contributed by atoms with Gasteiger partial charge >= 0.3 is 0 Å². The predicted octanol–water partition coefficient (Wildman–Crippen LogP) is 3.37. The molecule has 0 spiro atoms. The van der Waals surface area contributed by atoms with Gasteiger partial charge in [0.1, 0.15) is 16.6 Å². The van der Waals surface area contributed by atoms with E-state index < -0.39 is 0 Å². The Labute approximate surface area is 115 Å². The van der Waals surface area contributed by atoms with Crippen molar-refractivity contribution in [2.75, 3.05) is 7.05 Å². The van der Waals surface area contributed by atoms with E-state index in [9.17, 15) is 4.39 Å². The molecule has 19 heavy (non-hydrogen) atoms. The van der Waals surface area contributed by atoms with Crippen LogP contribution >= 0.6 is 11.3 Å². The van der Waals surface area contributed by atoms with Gasteiger partial charge < -0.3 is 10.1 Å². The Morgan fingerprint density at radius 3 is 3.00 bits per heavy atom. The summed E-state index contributed by atoms with van der Waals surface area (Å²) in [5, 5.41) is 6.22. The molecule has 0 saturated heterocycles. The molecule has 2 atom stereocenters. The number of rotatable bonds is 2. The first-order valence-electron chi connectivity index (χ1n) is 6.23. The molecule has 2 aromatic rings. The highest BCUT2D eigenvalue weighted by Gasteiger charge is 2.30. The van der Waals surface area contributed by atoms with Crippen LogP contribution in [0.1, 0.15) is 34.8 Å². The second kappa shape index (κ2) is 4.90. The quantitative estimate of drug-likeness (QED) is 0.914. The molecule has 0 aliphatic carbocycles. The van der Waals surface area contributed by atoms with Gasteiger partial charge in [0.05, 0.1) is 0 Å². The maximum Gasteiger partial charge on any atom is 0.152 e. The summed E-state index contributed by atoms with van der Waals surface area (Å²) in [5.41, 5.74) is 1.89. The molecule has 5 heteroatoms. The molecule has 0 saturated carbocycles. The summed E-state index contributed by atoms with van der Waals surface area (Å²) < 4.78 is 19.3. The third kappa shape index (κ3) is 2.35. The minimum absolute atomic E-state index is 0.0610. The molecule has 1 aromatic heterocycles. The zero-order valence-electron chi connectivity index (χ0n) is 10.8. The Morgan fingerprint density at radius 2 is 2.32 bits per heavy atom. The second-order valence-corrected chi connectivity index (χ2v) is 5.58. The molecule has 3 nitrogen and oxygen atoms in total. The van der Waals surface area contributed by atoms with Crippen LogP contribution in [0.2, 0.25) is 0 Å². The van der Waals surface area contributed by atoms with Crippen LogP contribution in [0.3, 0.4) is 0 Å². The monoisotopic (exact) mass is 278 g/mol. The SMILES string of the molecule is CNC1CC(c2nc(C)cs2)Oc2ccc(F)cc21. The maximum absolute atomic E-state index is 13.3. The third-order valence-electron chi connectivity index (χ3n) is 3.33. The van der Waals surface area contributed by atoms with Gasteiger partial charge in [-0.2, -0.15) is 0 Å². The minimum atomic E-state index is -0.230. The summed E-state index contributed by atoms with van der Waals surface area (Å²) in [5.74, 6) is 0.510. The lowest BCUT2D eigenvalue weighted by Crippen LogP contribution is -2.26. The van der Waals surface area contributed by atoms with E-state index >= 15 is 0 Å². The molecule has 0 bridgehead atoms. The first kappa shape index (κ1) is 12.6. The van der Waals surface area contributed by atoms with Gasteiger partial charge in [-0.05, 0) is 32.2 Å². The van der Waals surface area contributed by atoms with Crippen molar-refractivity contribution in [3.8, 4) is 5.75 Å². The van der Waals surface area contributed by atoms with Gasteiger partial charge in [0.2, 0.25) is 0 Å². The van der Waals surface area contributed by atoms with E-state index in [-0.39, 0.29) is 18.0 Å². The summed E-state index contributed by atoms with van der Waals surface area (Å²) in [6.07, 6.45) is 0.703. The smallest absolute Gasteiger partial charge is 0.152 e. The number of aromatic nitrogens is 1. The first-order chi connectivity index (χ1) is 9.17. The van der Waals surface area contributed by atoms with Gasteiger partial charge in [0, 0.05) is 29.1 Å². The molecule has 0 fully saturated rings. The van der Waals surface area contributed by atoms with E-state index in [0.717, 1.165) is 28.4 Å². The maximum atomic E-state index is 13.3. The molecular formula is C14H15FN2OS. The van der Waals surface area contributed by atoms with Crippen molar-refractivity contribution in [3.63, 3.8) is 0 Å². The Bertz CT molecular complexity index is 599. The normalized spacial score (nSPS) is 21.8. The highest BCUT2D eigenvalue weighted by Crippen LogP contribution is 2.41. The number of halogens is 1. The number of hydrogen-bond donors (Lipinski definition) is 1. The lowest BCUT2D eigenvalue weighted by Gasteiger charge is -2.31. The predicted molar refractivity (Wildman–Crippen MR) is 73.0 cm³/mol. The number of fused-ring (bicyclic) bond motifs is 1. The fourth-order valence-corrected chi connectivity index (χ4v) is 3.22. The van der Waals surface area contributed by atoms with E-state index in [1.165, 1.54) is 6.07 Å². The van der Waals surface area contributed by atoms with Gasteiger partial charge in [-0.25, -0.2) is 9.37 Å². The topological polar surface area (TPSA) is 34.2 Å². The first-order valence-corrected chi connectivity index (χ1v) is 7.10. The van der Waals surface area contributed by atoms with Crippen LogP contribution < -0.4 is 10.1 Å². The van der Waals surface area contributed by atoms with Crippen molar-refractivity contribution in [3.05, 3.63) is 45.7 Å². The summed E-state index contributed by atoms with van der Waals surface area (Å²) in [6, 6.07) is 4.76. The molecule has 1 aromatic carbocycles. The van der Waals surface area contributed by atoms with E-state index in [0.29, 0.717) is 0 Å². The van der Waals surface area contributed by atoms with E-state index in [1.54, 1.807) is 23.5 Å².